The number of alkyl halides is 2. The van der Waals surface area contributed by atoms with Crippen molar-refractivity contribution in [3.63, 3.8) is 0 Å². The van der Waals surface area contributed by atoms with Crippen LogP contribution in [-0.2, 0) is 13.6 Å². The van der Waals surface area contributed by atoms with E-state index in [1.165, 1.54) is 14.0 Å². The molecule has 130 valence electrons. The standard InChI is InChI=1S/C15H18F2N4O3/c1-8(16)11-18-9-10(12(22)19-11)21(14(24)20(2)13(9)23)7-3-4-15(17)5-6-15/h8H,3-7H2,1-2H3,(H,18,19,22). The second-order valence-electron chi connectivity index (χ2n) is 6.32. The molecule has 0 aliphatic heterocycles. The zero-order valence-corrected chi connectivity index (χ0v) is 13.4. The van der Waals surface area contributed by atoms with Crippen LogP contribution in [0.5, 0.6) is 0 Å². The molecule has 1 N–H and O–H groups in total. The van der Waals surface area contributed by atoms with Crippen molar-refractivity contribution in [1.29, 1.82) is 0 Å². The maximum absolute atomic E-state index is 13.7. The fraction of sp³-hybridized carbons (Fsp3) is 0.600. The third-order valence-electron chi connectivity index (χ3n) is 4.38. The lowest BCUT2D eigenvalue weighted by Crippen LogP contribution is -2.41. The average Bonchev–Trinajstić information content (AvgIpc) is 3.26. The van der Waals surface area contributed by atoms with Gasteiger partial charge in [0.1, 0.15) is 17.0 Å². The molecule has 1 aliphatic carbocycles. The molecular formula is C15H18F2N4O3. The Morgan fingerprint density at radius 2 is 2.00 bits per heavy atom. The number of nitrogens with one attached hydrogen (secondary N) is 1. The fourth-order valence-electron chi connectivity index (χ4n) is 2.74. The van der Waals surface area contributed by atoms with E-state index in [0.29, 0.717) is 19.3 Å². The molecule has 1 fully saturated rings. The van der Waals surface area contributed by atoms with Gasteiger partial charge in [-0.2, -0.15) is 0 Å². The molecule has 24 heavy (non-hydrogen) atoms. The Morgan fingerprint density at radius 1 is 1.33 bits per heavy atom. The van der Waals surface area contributed by atoms with Gasteiger partial charge in [0.15, 0.2) is 11.7 Å². The third-order valence-corrected chi connectivity index (χ3v) is 4.38. The molecule has 9 heteroatoms. The summed E-state index contributed by atoms with van der Waals surface area (Å²) in [5.74, 6) is -0.268. The minimum absolute atomic E-state index is 0.0877. The van der Waals surface area contributed by atoms with E-state index in [9.17, 15) is 23.2 Å². The van der Waals surface area contributed by atoms with Gasteiger partial charge in [0.25, 0.3) is 11.1 Å². The highest BCUT2D eigenvalue weighted by molar-refractivity contribution is 5.72. The fourth-order valence-corrected chi connectivity index (χ4v) is 2.74. The van der Waals surface area contributed by atoms with Crippen molar-refractivity contribution in [1.82, 2.24) is 19.1 Å². The number of rotatable bonds is 5. The molecule has 1 aliphatic rings. The maximum Gasteiger partial charge on any atom is 0.331 e. The van der Waals surface area contributed by atoms with Crippen LogP contribution in [0.4, 0.5) is 8.78 Å². The second kappa shape index (κ2) is 5.64. The van der Waals surface area contributed by atoms with Crippen LogP contribution >= 0.6 is 0 Å². The van der Waals surface area contributed by atoms with E-state index in [4.69, 9.17) is 0 Å². The third kappa shape index (κ3) is 2.78. The molecule has 1 saturated carbocycles. The van der Waals surface area contributed by atoms with E-state index in [2.05, 4.69) is 9.97 Å². The SMILES string of the molecule is CC(F)c1nc2c(=O)n(C)c(=O)n(CCCC3(F)CC3)c2c(=O)[nH]1. The van der Waals surface area contributed by atoms with E-state index in [1.807, 2.05) is 0 Å². The predicted molar refractivity (Wildman–Crippen MR) is 83.7 cm³/mol. The Labute approximate surface area is 135 Å². The number of aromatic amines is 1. The first kappa shape index (κ1) is 16.5. The van der Waals surface area contributed by atoms with E-state index in [-0.39, 0.29) is 29.8 Å². The van der Waals surface area contributed by atoms with E-state index in [1.54, 1.807) is 0 Å². The number of aryl methyl sites for hydroxylation is 1. The Kier molecular flexibility index (Phi) is 3.89. The molecule has 0 bridgehead atoms. The van der Waals surface area contributed by atoms with Crippen molar-refractivity contribution in [3.8, 4) is 0 Å². The molecule has 0 aromatic carbocycles. The Morgan fingerprint density at radius 3 is 2.58 bits per heavy atom. The highest BCUT2D eigenvalue weighted by atomic mass is 19.1. The summed E-state index contributed by atoms with van der Waals surface area (Å²) >= 11 is 0. The van der Waals surface area contributed by atoms with E-state index < -0.39 is 28.6 Å². The van der Waals surface area contributed by atoms with Crippen LogP contribution < -0.4 is 16.8 Å². The largest absolute Gasteiger partial charge is 0.331 e. The van der Waals surface area contributed by atoms with Gasteiger partial charge in [-0.25, -0.2) is 18.6 Å². The molecule has 2 heterocycles. The van der Waals surface area contributed by atoms with Gasteiger partial charge in [0.05, 0.1) is 0 Å². The number of nitrogens with zero attached hydrogens (tertiary/aromatic N) is 3. The van der Waals surface area contributed by atoms with Crippen LogP contribution in [0.25, 0.3) is 11.0 Å². The van der Waals surface area contributed by atoms with Crippen molar-refractivity contribution >= 4 is 11.0 Å². The molecule has 1 atom stereocenters. The van der Waals surface area contributed by atoms with Crippen molar-refractivity contribution in [2.24, 2.45) is 7.05 Å². The first-order valence-corrected chi connectivity index (χ1v) is 7.80. The van der Waals surface area contributed by atoms with E-state index >= 15 is 0 Å². The van der Waals surface area contributed by atoms with Gasteiger partial charge in [-0.05, 0) is 32.6 Å². The summed E-state index contributed by atoms with van der Waals surface area (Å²) in [7, 11) is 1.26. The normalized spacial score (nSPS) is 17.2. The first-order chi connectivity index (χ1) is 11.2. The Balaban J connectivity index is 2.14. The zero-order valence-electron chi connectivity index (χ0n) is 13.4. The number of halogens is 2. The number of hydrogen-bond acceptors (Lipinski definition) is 4. The van der Waals surface area contributed by atoms with Gasteiger partial charge >= 0.3 is 5.69 Å². The first-order valence-electron chi connectivity index (χ1n) is 7.80. The predicted octanol–water partition coefficient (Wildman–Crippen LogP) is 1.10. The van der Waals surface area contributed by atoms with Crippen molar-refractivity contribution in [2.45, 2.75) is 51.0 Å². The molecule has 0 spiro atoms. The van der Waals surface area contributed by atoms with Gasteiger partial charge in [-0.1, -0.05) is 0 Å². The van der Waals surface area contributed by atoms with Gasteiger partial charge in [0, 0.05) is 13.6 Å². The minimum atomic E-state index is -1.56. The van der Waals surface area contributed by atoms with Crippen LogP contribution in [0.2, 0.25) is 0 Å². The molecule has 1 unspecified atom stereocenters. The molecule has 0 radical (unpaired) electrons. The van der Waals surface area contributed by atoms with Crippen LogP contribution in [0.15, 0.2) is 14.4 Å². The molecule has 2 aromatic rings. The topological polar surface area (TPSA) is 89.8 Å². The van der Waals surface area contributed by atoms with Crippen molar-refractivity contribution in [3.05, 3.63) is 37.0 Å². The van der Waals surface area contributed by atoms with Crippen molar-refractivity contribution < 1.29 is 8.78 Å². The van der Waals surface area contributed by atoms with Crippen molar-refractivity contribution in [2.75, 3.05) is 0 Å². The average molecular weight is 340 g/mol. The minimum Gasteiger partial charge on any atom is -0.306 e. The lowest BCUT2D eigenvalue weighted by atomic mass is 10.2. The maximum atomic E-state index is 13.7. The van der Waals surface area contributed by atoms with Gasteiger partial charge in [0.2, 0.25) is 0 Å². The quantitative estimate of drug-likeness (QED) is 0.882. The zero-order chi connectivity index (χ0) is 17.6. The molecular weight excluding hydrogens is 322 g/mol. The van der Waals surface area contributed by atoms with E-state index in [0.717, 1.165) is 9.13 Å². The Bertz CT molecular complexity index is 970. The lowest BCUT2D eigenvalue weighted by molar-refractivity contribution is 0.278. The molecule has 7 nitrogen and oxygen atoms in total. The summed E-state index contributed by atoms with van der Waals surface area (Å²) in [6, 6.07) is 0. The second-order valence-corrected chi connectivity index (χ2v) is 6.32. The molecule has 3 rings (SSSR count). The number of fused-ring (bicyclic) bond motifs is 1. The molecule has 0 amide bonds. The summed E-state index contributed by atoms with van der Waals surface area (Å²) in [6.45, 7) is 1.27. The van der Waals surface area contributed by atoms with Gasteiger partial charge < -0.3 is 4.98 Å². The smallest absolute Gasteiger partial charge is 0.306 e. The van der Waals surface area contributed by atoms with Gasteiger partial charge in [-0.3, -0.25) is 18.7 Å². The van der Waals surface area contributed by atoms with Crippen LogP contribution in [0.1, 0.15) is 44.6 Å². The lowest BCUT2D eigenvalue weighted by Gasteiger charge is -2.12. The summed E-state index contributed by atoms with van der Waals surface area (Å²) in [4.78, 5) is 42.9. The van der Waals surface area contributed by atoms with Crippen LogP contribution in [-0.4, -0.2) is 24.8 Å². The summed E-state index contributed by atoms with van der Waals surface area (Å²) in [5.41, 5.74) is -3.82. The summed E-state index contributed by atoms with van der Waals surface area (Å²) < 4.78 is 29.1. The summed E-state index contributed by atoms with van der Waals surface area (Å²) in [5, 5.41) is 0. The van der Waals surface area contributed by atoms with Crippen LogP contribution in [0, 0.1) is 0 Å². The molecule has 0 saturated heterocycles. The molecule has 2 aromatic heterocycles. The monoisotopic (exact) mass is 340 g/mol. The highest BCUT2D eigenvalue weighted by Gasteiger charge is 2.42. The Hall–Kier alpha value is -2.32. The van der Waals surface area contributed by atoms with Crippen LogP contribution in [0.3, 0.4) is 0 Å². The number of H-pyrrole nitrogens is 1. The number of aromatic nitrogens is 4. The van der Waals surface area contributed by atoms with Gasteiger partial charge in [-0.15, -0.1) is 0 Å². The number of hydrogen-bond donors (Lipinski definition) is 1. The highest BCUT2D eigenvalue weighted by Crippen LogP contribution is 2.43. The summed E-state index contributed by atoms with van der Waals surface area (Å²) in [6.07, 6.45) is 0.0959.